The van der Waals surface area contributed by atoms with E-state index in [0.717, 1.165) is 0 Å². The van der Waals surface area contributed by atoms with Gasteiger partial charge in [-0.05, 0) is 42.8 Å². The number of amides is 2. The van der Waals surface area contributed by atoms with Crippen LogP contribution in [0, 0.1) is 17.7 Å². The van der Waals surface area contributed by atoms with Crippen LogP contribution in [0.3, 0.4) is 0 Å². The fourth-order valence-electron chi connectivity index (χ4n) is 2.65. The summed E-state index contributed by atoms with van der Waals surface area (Å²) in [4.78, 5) is 36.0. The maximum atomic E-state index is 13.1. The van der Waals surface area contributed by atoms with Gasteiger partial charge in [-0.3, -0.25) is 9.59 Å². The van der Waals surface area contributed by atoms with Crippen LogP contribution in [-0.4, -0.2) is 24.9 Å². The first-order valence-electron chi connectivity index (χ1n) is 8.03. The maximum Gasteiger partial charge on any atom is 0.337 e. The highest BCUT2D eigenvalue weighted by atomic mass is 19.1. The van der Waals surface area contributed by atoms with Crippen LogP contribution >= 0.6 is 0 Å². The summed E-state index contributed by atoms with van der Waals surface area (Å²) in [5.74, 6) is -2.48. The lowest BCUT2D eigenvalue weighted by molar-refractivity contribution is -0.122. The Morgan fingerprint density at radius 3 is 2.12 bits per heavy atom. The highest BCUT2D eigenvalue weighted by molar-refractivity contribution is 6.03. The van der Waals surface area contributed by atoms with Gasteiger partial charge in [0.25, 0.3) is 0 Å². The molecule has 2 unspecified atom stereocenters. The minimum absolute atomic E-state index is 0.300. The molecule has 1 saturated carbocycles. The Kier molecular flexibility index (Phi) is 4.97. The van der Waals surface area contributed by atoms with Gasteiger partial charge in [-0.25, -0.2) is 9.18 Å². The molecule has 0 saturated heterocycles. The predicted molar refractivity (Wildman–Crippen MR) is 93.0 cm³/mol. The summed E-state index contributed by atoms with van der Waals surface area (Å²) < 4.78 is 17.8. The second-order valence-electron chi connectivity index (χ2n) is 6.01. The van der Waals surface area contributed by atoms with Crippen molar-refractivity contribution in [2.24, 2.45) is 11.8 Å². The van der Waals surface area contributed by atoms with Gasteiger partial charge < -0.3 is 15.4 Å². The van der Waals surface area contributed by atoms with E-state index in [1.807, 2.05) is 0 Å². The lowest BCUT2D eigenvalue weighted by Crippen LogP contribution is -2.20. The number of nitrogens with one attached hydrogen (secondary N) is 2. The number of rotatable bonds is 5. The van der Waals surface area contributed by atoms with Crippen molar-refractivity contribution >= 4 is 29.2 Å². The SMILES string of the molecule is COC(=O)c1cccc(NC(=O)C2CC2C(=O)Nc2cccc(F)c2)c1. The summed E-state index contributed by atoms with van der Waals surface area (Å²) in [5, 5.41) is 5.30. The molecule has 1 aliphatic rings. The van der Waals surface area contributed by atoms with Gasteiger partial charge in [0.15, 0.2) is 0 Å². The van der Waals surface area contributed by atoms with Gasteiger partial charge in [0.1, 0.15) is 5.82 Å². The van der Waals surface area contributed by atoms with Gasteiger partial charge in [0, 0.05) is 11.4 Å². The van der Waals surface area contributed by atoms with Crippen LogP contribution < -0.4 is 10.6 Å². The minimum atomic E-state index is -0.500. The monoisotopic (exact) mass is 356 g/mol. The van der Waals surface area contributed by atoms with Crippen molar-refractivity contribution in [2.45, 2.75) is 6.42 Å². The molecule has 0 spiro atoms. The molecule has 1 aliphatic carbocycles. The van der Waals surface area contributed by atoms with E-state index in [0.29, 0.717) is 23.4 Å². The van der Waals surface area contributed by atoms with Crippen LogP contribution in [0.5, 0.6) is 0 Å². The van der Waals surface area contributed by atoms with Crippen molar-refractivity contribution < 1.29 is 23.5 Å². The molecule has 3 rings (SSSR count). The molecule has 2 atom stereocenters. The smallest absolute Gasteiger partial charge is 0.337 e. The van der Waals surface area contributed by atoms with E-state index in [9.17, 15) is 18.8 Å². The second kappa shape index (κ2) is 7.35. The molecule has 2 amide bonds. The third kappa shape index (κ3) is 4.05. The Morgan fingerprint density at radius 2 is 1.54 bits per heavy atom. The molecule has 26 heavy (non-hydrogen) atoms. The molecule has 2 N–H and O–H groups in total. The van der Waals surface area contributed by atoms with Gasteiger partial charge in [-0.1, -0.05) is 12.1 Å². The zero-order valence-corrected chi connectivity index (χ0v) is 14.0. The Hall–Kier alpha value is -3.22. The number of esters is 1. The summed E-state index contributed by atoms with van der Waals surface area (Å²) in [6.45, 7) is 0. The van der Waals surface area contributed by atoms with Crippen LogP contribution in [0.15, 0.2) is 48.5 Å². The highest BCUT2D eigenvalue weighted by Gasteiger charge is 2.48. The Morgan fingerprint density at radius 1 is 0.962 bits per heavy atom. The molecule has 0 radical (unpaired) electrons. The minimum Gasteiger partial charge on any atom is -0.465 e. The van der Waals surface area contributed by atoms with E-state index in [1.165, 1.54) is 31.4 Å². The van der Waals surface area contributed by atoms with Crippen molar-refractivity contribution in [3.8, 4) is 0 Å². The molecule has 7 heteroatoms. The Labute approximate surface area is 149 Å². The van der Waals surface area contributed by atoms with Crippen LogP contribution in [0.1, 0.15) is 16.8 Å². The number of benzene rings is 2. The van der Waals surface area contributed by atoms with Gasteiger partial charge in [-0.15, -0.1) is 0 Å². The third-order valence-electron chi connectivity index (χ3n) is 4.11. The number of carbonyl (C=O) groups is 3. The molecule has 6 nitrogen and oxygen atoms in total. The molecule has 0 aromatic heterocycles. The lowest BCUT2D eigenvalue weighted by atomic mass is 10.2. The van der Waals surface area contributed by atoms with E-state index >= 15 is 0 Å². The van der Waals surface area contributed by atoms with Crippen molar-refractivity contribution in [2.75, 3.05) is 17.7 Å². The molecule has 0 heterocycles. The summed E-state index contributed by atoms with van der Waals surface area (Å²) in [6, 6.07) is 11.9. The van der Waals surface area contributed by atoms with E-state index in [1.54, 1.807) is 24.3 Å². The zero-order valence-electron chi connectivity index (χ0n) is 14.0. The number of anilines is 2. The third-order valence-corrected chi connectivity index (χ3v) is 4.11. The predicted octanol–water partition coefficient (Wildman–Crippen LogP) is 2.83. The maximum absolute atomic E-state index is 13.1. The lowest BCUT2D eigenvalue weighted by Gasteiger charge is -2.07. The number of halogens is 1. The van der Waals surface area contributed by atoms with Crippen molar-refractivity contribution in [1.82, 2.24) is 0 Å². The quantitative estimate of drug-likeness (QED) is 0.807. The number of ether oxygens (including phenoxy) is 1. The number of methoxy groups -OCH3 is 1. The van der Waals surface area contributed by atoms with Gasteiger partial charge in [0.2, 0.25) is 11.8 Å². The highest BCUT2D eigenvalue weighted by Crippen LogP contribution is 2.40. The normalized spacial score (nSPS) is 17.9. The summed E-state index contributed by atoms with van der Waals surface area (Å²) >= 11 is 0. The summed E-state index contributed by atoms with van der Waals surface area (Å²) in [6.07, 6.45) is 0.420. The number of hydrogen-bond donors (Lipinski definition) is 2. The standard InChI is InChI=1S/C19H17FN2O4/c1-26-19(25)11-4-2-6-13(8-11)21-17(23)15-10-16(15)18(24)22-14-7-3-5-12(20)9-14/h2-9,15-16H,10H2,1H3,(H,21,23)(H,22,24). The van der Waals surface area contributed by atoms with Crippen molar-refractivity contribution in [3.63, 3.8) is 0 Å². The second-order valence-corrected chi connectivity index (χ2v) is 6.01. The molecule has 0 bridgehead atoms. The Balaban J connectivity index is 1.57. The van der Waals surface area contributed by atoms with Crippen LogP contribution in [0.2, 0.25) is 0 Å². The van der Waals surface area contributed by atoms with Gasteiger partial charge in [-0.2, -0.15) is 0 Å². The number of hydrogen-bond acceptors (Lipinski definition) is 4. The summed E-state index contributed by atoms with van der Waals surface area (Å²) in [7, 11) is 1.28. The largest absolute Gasteiger partial charge is 0.465 e. The average molecular weight is 356 g/mol. The first-order chi connectivity index (χ1) is 12.5. The van der Waals surface area contributed by atoms with Crippen LogP contribution in [-0.2, 0) is 14.3 Å². The molecular weight excluding hydrogens is 339 g/mol. The van der Waals surface area contributed by atoms with E-state index in [-0.39, 0.29) is 11.8 Å². The molecular formula is C19H17FN2O4. The van der Waals surface area contributed by atoms with Gasteiger partial charge in [0.05, 0.1) is 24.5 Å². The van der Waals surface area contributed by atoms with E-state index < -0.39 is 23.6 Å². The molecule has 134 valence electrons. The molecule has 2 aromatic rings. The van der Waals surface area contributed by atoms with Crippen LogP contribution in [0.4, 0.5) is 15.8 Å². The zero-order chi connectivity index (χ0) is 18.7. The summed E-state index contributed by atoms with van der Waals surface area (Å²) in [5.41, 5.74) is 1.13. The van der Waals surface area contributed by atoms with Crippen LogP contribution in [0.25, 0.3) is 0 Å². The van der Waals surface area contributed by atoms with E-state index in [2.05, 4.69) is 15.4 Å². The Bertz CT molecular complexity index is 868. The first-order valence-corrected chi connectivity index (χ1v) is 8.03. The topological polar surface area (TPSA) is 84.5 Å². The number of carbonyl (C=O) groups excluding carboxylic acids is 3. The molecule has 0 aliphatic heterocycles. The first kappa shape index (κ1) is 17.6. The molecule has 1 fully saturated rings. The fourth-order valence-corrected chi connectivity index (χ4v) is 2.65. The average Bonchev–Trinajstić information content (AvgIpc) is 3.42. The van der Waals surface area contributed by atoms with Crippen molar-refractivity contribution in [3.05, 3.63) is 59.9 Å². The van der Waals surface area contributed by atoms with Crippen molar-refractivity contribution in [1.29, 1.82) is 0 Å². The molecule has 2 aromatic carbocycles. The van der Waals surface area contributed by atoms with Gasteiger partial charge >= 0.3 is 5.97 Å². The fraction of sp³-hybridized carbons (Fsp3) is 0.211. The van der Waals surface area contributed by atoms with E-state index in [4.69, 9.17) is 0 Å².